The van der Waals surface area contributed by atoms with E-state index < -0.39 is 0 Å². The molecule has 12 rings (SSSR count). The highest BCUT2D eigenvalue weighted by molar-refractivity contribution is 6.24. The molecule has 0 amide bonds. The van der Waals surface area contributed by atoms with Gasteiger partial charge in [-0.3, -0.25) is 0 Å². The van der Waals surface area contributed by atoms with Crippen molar-refractivity contribution in [2.24, 2.45) is 0 Å². The van der Waals surface area contributed by atoms with Gasteiger partial charge in [0.15, 0.2) is 0 Å². The Morgan fingerprint density at radius 1 is 0.259 bits per heavy atom. The molecule has 2 heteroatoms. The third-order valence-corrected chi connectivity index (χ3v) is 11.4. The topological polar surface area (TPSA) is 26.3 Å². The van der Waals surface area contributed by atoms with Crippen LogP contribution in [0.25, 0.3) is 120 Å². The average Bonchev–Trinajstić information content (AvgIpc) is 3.78. The van der Waals surface area contributed by atoms with Gasteiger partial charge in [-0.1, -0.05) is 146 Å². The largest absolute Gasteiger partial charge is 0.456 e. The maximum Gasteiger partial charge on any atom is 0.143 e. The van der Waals surface area contributed by atoms with Gasteiger partial charge in [0.2, 0.25) is 0 Å². The maximum atomic E-state index is 6.56. The molecule has 250 valence electrons. The van der Waals surface area contributed by atoms with Gasteiger partial charge in [-0.25, -0.2) is 0 Å². The van der Waals surface area contributed by atoms with Gasteiger partial charge in [0, 0.05) is 33.0 Å². The fraction of sp³-hybridized carbons (Fsp3) is 0. The highest BCUT2D eigenvalue weighted by atomic mass is 16.3. The lowest BCUT2D eigenvalue weighted by molar-refractivity contribution is 0.658. The van der Waals surface area contributed by atoms with Gasteiger partial charge in [-0.15, -0.1) is 0 Å². The van der Waals surface area contributed by atoms with E-state index in [4.69, 9.17) is 8.83 Å². The number of rotatable bonds is 3. The Morgan fingerprint density at radius 3 is 1.57 bits per heavy atom. The van der Waals surface area contributed by atoms with Crippen LogP contribution in [0.5, 0.6) is 0 Å². The second-order valence-electron chi connectivity index (χ2n) is 14.4. The first-order valence-corrected chi connectivity index (χ1v) is 18.5. The number of benzene rings is 10. The summed E-state index contributed by atoms with van der Waals surface area (Å²) >= 11 is 0. The van der Waals surface area contributed by atoms with Crippen LogP contribution in [-0.2, 0) is 0 Å². The van der Waals surface area contributed by atoms with Crippen molar-refractivity contribution in [1.82, 2.24) is 0 Å². The summed E-state index contributed by atoms with van der Waals surface area (Å²) < 4.78 is 13.0. The third-order valence-electron chi connectivity index (χ3n) is 11.4. The zero-order valence-electron chi connectivity index (χ0n) is 29.1. The lowest BCUT2D eigenvalue weighted by Crippen LogP contribution is -1.92. The molecule has 2 heterocycles. The molecule has 0 aliphatic carbocycles. The number of hydrogen-bond donors (Lipinski definition) is 0. The summed E-state index contributed by atoms with van der Waals surface area (Å²) in [5.41, 5.74) is 10.7. The summed E-state index contributed by atoms with van der Waals surface area (Å²) in [6.45, 7) is 0. The molecule has 12 aromatic rings. The van der Waals surface area contributed by atoms with Gasteiger partial charge in [0.25, 0.3) is 0 Å². The first-order valence-electron chi connectivity index (χ1n) is 18.5. The minimum absolute atomic E-state index is 0.830. The van der Waals surface area contributed by atoms with E-state index in [9.17, 15) is 0 Å². The van der Waals surface area contributed by atoms with E-state index >= 15 is 0 Å². The molecule has 0 unspecified atom stereocenters. The predicted molar refractivity (Wildman–Crippen MR) is 227 cm³/mol. The molecule has 0 radical (unpaired) electrons. The highest BCUT2D eigenvalue weighted by Gasteiger charge is 2.19. The van der Waals surface area contributed by atoms with E-state index in [0.717, 1.165) is 60.4 Å². The Labute approximate surface area is 310 Å². The van der Waals surface area contributed by atoms with Crippen molar-refractivity contribution < 1.29 is 8.83 Å². The van der Waals surface area contributed by atoms with E-state index in [1.54, 1.807) is 0 Å². The first-order chi connectivity index (χ1) is 26.8. The molecule has 0 saturated carbocycles. The van der Waals surface area contributed by atoms with Crippen molar-refractivity contribution in [2.75, 3.05) is 0 Å². The van der Waals surface area contributed by atoms with Crippen LogP contribution >= 0.6 is 0 Å². The number of furan rings is 2. The zero-order valence-corrected chi connectivity index (χ0v) is 29.1. The molecule has 0 atom stereocenters. The van der Waals surface area contributed by atoms with E-state index in [1.807, 2.05) is 0 Å². The smallest absolute Gasteiger partial charge is 0.143 e. The van der Waals surface area contributed by atoms with Gasteiger partial charge in [0.05, 0.1) is 0 Å². The average molecular weight is 687 g/mol. The predicted octanol–water partition coefficient (Wildman–Crippen LogP) is 15.1. The molecule has 54 heavy (non-hydrogen) atoms. The van der Waals surface area contributed by atoms with Crippen LogP contribution in [-0.4, -0.2) is 0 Å². The molecule has 0 saturated heterocycles. The molecular formula is C52H30O2. The maximum absolute atomic E-state index is 6.56. The van der Waals surface area contributed by atoms with E-state index in [2.05, 4.69) is 182 Å². The minimum Gasteiger partial charge on any atom is -0.456 e. The van der Waals surface area contributed by atoms with Crippen molar-refractivity contribution in [3.63, 3.8) is 0 Å². The Bertz CT molecular complexity index is 3440. The summed E-state index contributed by atoms with van der Waals surface area (Å²) in [4.78, 5) is 0. The lowest BCUT2D eigenvalue weighted by Gasteiger charge is -2.19. The van der Waals surface area contributed by atoms with Crippen molar-refractivity contribution in [1.29, 1.82) is 0 Å². The van der Waals surface area contributed by atoms with Crippen molar-refractivity contribution in [2.45, 2.75) is 0 Å². The normalized spacial score (nSPS) is 12.1. The summed E-state index contributed by atoms with van der Waals surface area (Å²) in [6, 6.07) is 65.7. The van der Waals surface area contributed by atoms with Crippen molar-refractivity contribution in [3.8, 4) is 33.4 Å². The third kappa shape index (κ3) is 4.22. The molecular weight excluding hydrogens is 657 g/mol. The number of fused-ring (bicyclic) bond motifs is 11. The van der Waals surface area contributed by atoms with Crippen LogP contribution in [0.3, 0.4) is 0 Å². The number of hydrogen-bond acceptors (Lipinski definition) is 2. The Balaban J connectivity index is 1.02. The zero-order chi connectivity index (χ0) is 35.3. The second kappa shape index (κ2) is 11.2. The SMILES string of the molecule is c1cc(-c2ccc3c(c2)oc2cc4oc5c6ccccc6ccc5c4cc23)cc(-c2c3ccccc3c(-c3cccc4ccccc34)c3ccccc23)c1. The minimum atomic E-state index is 0.830. The summed E-state index contributed by atoms with van der Waals surface area (Å²) in [6.07, 6.45) is 0. The van der Waals surface area contributed by atoms with Gasteiger partial charge in [0.1, 0.15) is 22.3 Å². The summed E-state index contributed by atoms with van der Waals surface area (Å²) in [5.74, 6) is 0. The molecule has 0 bridgehead atoms. The van der Waals surface area contributed by atoms with E-state index in [0.29, 0.717) is 0 Å². The second-order valence-corrected chi connectivity index (χ2v) is 14.4. The highest BCUT2D eigenvalue weighted by Crippen LogP contribution is 2.46. The summed E-state index contributed by atoms with van der Waals surface area (Å²) in [7, 11) is 0. The lowest BCUT2D eigenvalue weighted by atomic mass is 9.84. The van der Waals surface area contributed by atoms with Gasteiger partial charge >= 0.3 is 0 Å². The van der Waals surface area contributed by atoms with Crippen LogP contribution in [0, 0.1) is 0 Å². The van der Waals surface area contributed by atoms with Gasteiger partial charge in [-0.2, -0.15) is 0 Å². The molecule has 10 aromatic carbocycles. The van der Waals surface area contributed by atoms with Crippen LogP contribution < -0.4 is 0 Å². The molecule has 2 nitrogen and oxygen atoms in total. The Kier molecular flexibility index (Phi) is 6.09. The van der Waals surface area contributed by atoms with Crippen LogP contribution in [0.1, 0.15) is 0 Å². The van der Waals surface area contributed by atoms with Crippen LogP contribution in [0.2, 0.25) is 0 Å². The molecule has 2 aromatic heterocycles. The Hall–Kier alpha value is -7.16. The van der Waals surface area contributed by atoms with Crippen molar-refractivity contribution in [3.05, 3.63) is 182 Å². The first kappa shape index (κ1) is 29.4. The molecule has 0 N–H and O–H groups in total. The standard InChI is InChI=1S/C52H30O2/c1-3-16-36-31(11-1)13-10-22-39(36)51-42-20-7-5-18-40(42)50(41-19-6-8-21-43(41)51)35-15-9-14-33(27-35)34-24-25-38-45-29-46-44-26-23-32-12-2-4-17-37(32)52(44)54-49(46)30-48(45)53-47(38)28-34/h1-30H. The van der Waals surface area contributed by atoms with Crippen LogP contribution in [0.15, 0.2) is 191 Å². The molecule has 0 aliphatic rings. The van der Waals surface area contributed by atoms with Gasteiger partial charge in [-0.05, 0) is 101 Å². The monoisotopic (exact) mass is 686 g/mol. The molecule has 0 aliphatic heterocycles. The molecule has 0 fully saturated rings. The van der Waals surface area contributed by atoms with Gasteiger partial charge < -0.3 is 8.83 Å². The molecule has 0 spiro atoms. The van der Waals surface area contributed by atoms with E-state index in [-0.39, 0.29) is 0 Å². The van der Waals surface area contributed by atoms with E-state index in [1.165, 1.54) is 60.0 Å². The van der Waals surface area contributed by atoms with Crippen molar-refractivity contribution >= 4 is 87.0 Å². The van der Waals surface area contributed by atoms with Crippen LogP contribution in [0.4, 0.5) is 0 Å². The quantitative estimate of drug-likeness (QED) is 0.173. The fourth-order valence-corrected chi connectivity index (χ4v) is 8.98. The Morgan fingerprint density at radius 2 is 0.796 bits per heavy atom. The fourth-order valence-electron chi connectivity index (χ4n) is 8.98. The summed E-state index contributed by atoms with van der Waals surface area (Å²) in [5, 5.41) is 14.2.